The van der Waals surface area contributed by atoms with E-state index in [0.29, 0.717) is 26.3 Å². The van der Waals surface area contributed by atoms with E-state index in [1.54, 1.807) is 0 Å². The smallest absolute Gasteiger partial charge is 0.354 e. The average molecular weight is 384 g/mol. The lowest BCUT2D eigenvalue weighted by Gasteiger charge is -2.37. The molecule has 0 atom stereocenters. The van der Waals surface area contributed by atoms with Crippen molar-refractivity contribution in [1.29, 1.82) is 0 Å². The Morgan fingerprint density at radius 2 is 1.54 bits per heavy atom. The number of carboxylic acid groups (broad SMARTS) is 1. The minimum Gasteiger partial charge on any atom is -0.477 e. The molecular weight excluding hydrogens is 364 g/mol. The Labute approximate surface area is 151 Å². The molecule has 1 aromatic rings. The first-order valence-corrected chi connectivity index (χ1v) is 9.62. The fourth-order valence-corrected chi connectivity index (χ4v) is 4.46. The van der Waals surface area contributed by atoms with Crippen molar-refractivity contribution in [2.24, 2.45) is 0 Å². The number of rotatable bonds is 4. The monoisotopic (exact) mass is 384 g/mol. The second-order valence-corrected chi connectivity index (χ2v) is 7.85. The van der Waals surface area contributed by atoms with E-state index in [2.05, 4.69) is 4.98 Å². The van der Waals surface area contributed by atoms with Crippen LogP contribution in [0.4, 0.5) is 0 Å². The van der Waals surface area contributed by atoms with Gasteiger partial charge in [0.15, 0.2) is 0 Å². The predicted molar refractivity (Wildman–Crippen MR) is 90.0 cm³/mol. The van der Waals surface area contributed by atoms with E-state index < -0.39 is 22.1 Å². The van der Waals surface area contributed by atoms with Gasteiger partial charge in [-0.25, -0.2) is 9.78 Å². The Morgan fingerprint density at radius 3 is 2.15 bits per heavy atom. The van der Waals surface area contributed by atoms with E-state index in [1.807, 2.05) is 0 Å². The molecule has 0 radical (unpaired) electrons. The van der Waals surface area contributed by atoms with Crippen molar-refractivity contribution in [1.82, 2.24) is 18.5 Å². The number of piperazine rings is 1. The molecule has 1 amide bonds. The van der Waals surface area contributed by atoms with Crippen LogP contribution in [-0.4, -0.2) is 96.4 Å². The minimum absolute atomic E-state index is 0.0365. The third-order valence-corrected chi connectivity index (χ3v) is 6.37. The van der Waals surface area contributed by atoms with E-state index in [4.69, 9.17) is 9.84 Å². The molecule has 142 valence electrons. The van der Waals surface area contributed by atoms with Gasteiger partial charge in [0.25, 0.3) is 16.1 Å². The number of aromatic carboxylic acids is 1. The van der Waals surface area contributed by atoms with Gasteiger partial charge in [-0.15, -0.1) is 0 Å². The number of morpholine rings is 1. The molecule has 0 spiro atoms. The fourth-order valence-electron chi connectivity index (χ4n) is 2.90. The summed E-state index contributed by atoms with van der Waals surface area (Å²) < 4.78 is 33.2. The fraction of sp³-hybridized carbons (Fsp3) is 0.533. The molecule has 3 rings (SSSR count). The average Bonchev–Trinajstić information content (AvgIpc) is 2.68. The van der Waals surface area contributed by atoms with Crippen LogP contribution >= 0.6 is 0 Å². The Morgan fingerprint density at radius 1 is 0.962 bits per heavy atom. The highest BCUT2D eigenvalue weighted by molar-refractivity contribution is 7.86. The summed E-state index contributed by atoms with van der Waals surface area (Å²) in [6.45, 7) is 2.23. The predicted octanol–water partition coefficient (Wildman–Crippen LogP) is -0.885. The molecule has 0 aromatic carbocycles. The summed E-state index contributed by atoms with van der Waals surface area (Å²) in [5, 5.41) is 8.98. The standard InChI is InChI=1S/C15H20N4O6S/c20-14(12-2-1-3-13(16-12)15(21)22)17-4-6-18(7-5-17)26(23,24)19-8-10-25-11-9-19/h1-3H,4-11H2,(H,21,22). The number of hydrogen-bond acceptors (Lipinski definition) is 6. The summed E-state index contributed by atoms with van der Waals surface area (Å²) in [5.74, 6) is -1.61. The van der Waals surface area contributed by atoms with Crippen molar-refractivity contribution >= 4 is 22.1 Å². The Bertz CT molecular complexity index is 785. The molecule has 10 nitrogen and oxygen atoms in total. The first-order valence-electron chi connectivity index (χ1n) is 8.22. The van der Waals surface area contributed by atoms with Gasteiger partial charge in [-0.1, -0.05) is 6.07 Å². The molecule has 2 aliphatic rings. The van der Waals surface area contributed by atoms with Crippen LogP contribution in [0, 0.1) is 0 Å². The van der Waals surface area contributed by atoms with Crippen LogP contribution in [0.15, 0.2) is 18.2 Å². The molecule has 2 saturated heterocycles. The molecule has 0 aliphatic carbocycles. The van der Waals surface area contributed by atoms with Gasteiger partial charge in [0.1, 0.15) is 11.4 Å². The largest absolute Gasteiger partial charge is 0.477 e. The van der Waals surface area contributed by atoms with Crippen molar-refractivity contribution in [3.05, 3.63) is 29.6 Å². The van der Waals surface area contributed by atoms with E-state index in [9.17, 15) is 18.0 Å². The molecule has 2 aliphatic heterocycles. The van der Waals surface area contributed by atoms with Crippen LogP contribution in [-0.2, 0) is 14.9 Å². The number of aromatic nitrogens is 1. The summed E-state index contributed by atoms with van der Waals surface area (Å²) in [4.78, 5) is 28.8. The maximum atomic E-state index is 12.6. The van der Waals surface area contributed by atoms with E-state index in [1.165, 1.54) is 31.7 Å². The molecule has 0 saturated carbocycles. The third-order valence-electron chi connectivity index (χ3n) is 4.34. The number of carboxylic acids is 1. The molecule has 3 heterocycles. The number of amides is 1. The number of hydrogen-bond donors (Lipinski definition) is 1. The first-order chi connectivity index (χ1) is 12.4. The minimum atomic E-state index is -3.56. The van der Waals surface area contributed by atoms with Gasteiger partial charge in [-0.3, -0.25) is 4.79 Å². The van der Waals surface area contributed by atoms with Crippen LogP contribution in [0.2, 0.25) is 0 Å². The van der Waals surface area contributed by atoms with Gasteiger partial charge < -0.3 is 14.7 Å². The molecule has 2 fully saturated rings. The zero-order valence-corrected chi connectivity index (χ0v) is 14.9. The van der Waals surface area contributed by atoms with Gasteiger partial charge in [0.2, 0.25) is 0 Å². The summed E-state index contributed by atoms with van der Waals surface area (Å²) in [5.41, 5.74) is -0.168. The van der Waals surface area contributed by atoms with E-state index in [-0.39, 0.29) is 37.6 Å². The molecule has 1 N–H and O–H groups in total. The van der Waals surface area contributed by atoms with Crippen molar-refractivity contribution in [2.75, 3.05) is 52.5 Å². The molecular formula is C15H20N4O6S. The maximum Gasteiger partial charge on any atom is 0.354 e. The van der Waals surface area contributed by atoms with E-state index in [0.717, 1.165) is 0 Å². The summed E-state index contributed by atoms with van der Waals surface area (Å²) in [6.07, 6.45) is 0. The number of pyridine rings is 1. The molecule has 1 aromatic heterocycles. The normalized spacial score (nSPS) is 20.1. The third kappa shape index (κ3) is 3.85. The lowest BCUT2D eigenvalue weighted by Crippen LogP contribution is -2.55. The van der Waals surface area contributed by atoms with Crippen molar-refractivity contribution in [3.63, 3.8) is 0 Å². The Hall–Kier alpha value is -2.08. The van der Waals surface area contributed by atoms with Gasteiger partial charge >= 0.3 is 5.97 Å². The zero-order chi connectivity index (χ0) is 18.7. The topological polar surface area (TPSA) is 120 Å². The number of ether oxygens (including phenoxy) is 1. The van der Waals surface area contributed by atoms with Crippen LogP contribution in [0.25, 0.3) is 0 Å². The Balaban J connectivity index is 1.63. The number of carbonyl (C=O) groups is 2. The number of nitrogens with zero attached hydrogens (tertiary/aromatic N) is 4. The Kier molecular flexibility index (Phi) is 5.51. The van der Waals surface area contributed by atoms with Gasteiger partial charge in [-0.05, 0) is 12.1 Å². The summed E-state index contributed by atoms with van der Waals surface area (Å²) in [7, 11) is -3.56. The highest BCUT2D eigenvalue weighted by Gasteiger charge is 2.34. The van der Waals surface area contributed by atoms with Gasteiger partial charge in [0.05, 0.1) is 13.2 Å². The highest BCUT2D eigenvalue weighted by Crippen LogP contribution is 2.15. The van der Waals surface area contributed by atoms with Crippen LogP contribution in [0.3, 0.4) is 0 Å². The lowest BCUT2D eigenvalue weighted by molar-refractivity contribution is 0.0633. The highest BCUT2D eigenvalue weighted by atomic mass is 32.2. The SMILES string of the molecule is O=C(O)c1cccc(C(=O)N2CCN(S(=O)(=O)N3CCOCC3)CC2)n1. The lowest BCUT2D eigenvalue weighted by atomic mass is 10.2. The first kappa shape index (κ1) is 18.7. The van der Waals surface area contributed by atoms with Crippen molar-refractivity contribution < 1.29 is 27.9 Å². The molecule has 26 heavy (non-hydrogen) atoms. The zero-order valence-electron chi connectivity index (χ0n) is 14.1. The van der Waals surface area contributed by atoms with Gasteiger partial charge in [0, 0.05) is 39.3 Å². The van der Waals surface area contributed by atoms with Crippen LogP contribution in [0.5, 0.6) is 0 Å². The van der Waals surface area contributed by atoms with Crippen LogP contribution in [0.1, 0.15) is 21.0 Å². The summed E-state index contributed by atoms with van der Waals surface area (Å²) in [6, 6.07) is 4.22. The molecule has 11 heteroatoms. The second kappa shape index (κ2) is 7.66. The summed E-state index contributed by atoms with van der Waals surface area (Å²) >= 11 is 0. The quantitative estimate of drug-likeness (QED) is 0.715. The molecule has 0 unspecified atom stereocenters. The second-order valence-electron chi connectivity index (χ2n) is 5.92. The van der Waals surface area contributed by atoms with Crippen molar-refractivity contribution in [2.45, 2.75) is 0 Å². The maximum absolute atomic E-state index is 12.6. The van der Waals surface area contributed by atoms with Gasteiger partial charge in [-0.2, -0.15) is 17.0 Å². The molecule has 0 bridgehead atoms. The van der Waals surface area contributed by atoms with Crippen LogP contribution < -0.4 is 0 Å². The van der Waals surface area contributed by atoms with Crippen molar-refractivity contribution in [3.8, 4) is 0 Å². The van der Waals surface area contributed by atoms with E-state index >= 15 is 0 Å². The number of carbonyl (C=O) groups excluding carboxylic acids is 1.